The van der Waals surface area contributed by atoms with Gasteiger partial charge in [0.05, 0.1) is 24.9 Å². The maximum atomic E-state index is 13.2. The van der Waals surface area contributed by atoms with Crippen molar-refractivity contribution in [3.8, 4) is 17.0 Å². The van der Waals surface area contributed by atoms with E-state index in [1.54, 1.807) is 19.5 Å². The van der Waals surface area contributed by atoms with Crippen molar-refractivity contribution >= 4 is 16.8 Å². The van der Waals surface area contributed by atoms with Crippen molar-refractivity contribution in [2.24, 2.45) is 0 Å². The van der Waals surface area contributed by atoms with Gasteiger partial charge in [0.15, 0.2) is 0 Å². The zero-order valence-corrected chi connectivity index (χ0v) is 18.1. The smallest absolute Gasteiger partial charge is 0.227 e. The number of hydrogen-bond donors (Lipinski definition) is 1. The number of benzene rings is 2. The SMILES string of the molecule is COc1ccccc1-c1nccnc1[C@H]1CCCN(C(=O)Cc2c[nH]c3ccccc23)C1. The largest absolute Gasteiger partial charge is 0.496 e. The highest BCUT2D eigenvalue weighted by molar-refractivity contribution is 5.89. The molecule has 1 aliphatic heterocycles. The predicted octanol–water partition coefficient (Wildman–Crippen LogP) is 4.58. The van der Waals surface area contributed by atoms with Crippen molar-refractivity contribution < 1.29 is 9.53 Å². The van der Waals surface area contributed by atoms with Gasteiger partial charge >= 0.3 is 0 Å². The van der Waals surface area contributed by atoms with E-state index in [4.69, 9.17) is 9.72 Å². The first-order chi connectivity index (χ1) is 15.7. The molecule has 0 bridgehead atoms. The van der Waals surface area contributed by atoms with Crippen LogP contribution in [0.3, 0.4) is 0 Å². The van der Waals surface area contributed by atoms with Crippen LogP contribution in [0.4, 0.5) is 0 Å². The van der Waals surface area contributed by atoms with Crippen molar-refractivity contribution in [2.45, 2.75) is 25.2 Å². The number of nitrogens with one attached hydrogen (secondary N) is 1. The van der Waals surface area contributed by atoms with Crippen LogP contribution in [-0.2, 0) is 11.2 Å². The number of rotatable bonds is 5. The first-order valence-corrected chi connectivity index (χ1v) is 11.0. The van der Waals surface area contributed by atoms with Crippen LogP contribution >= 0.6 is 0 Å². The molecule has 1 N–H and O–H groups in total. The number of likely N-dealkylation sites (tertiary alicyclic amines) is 1. The summed E-state index contributed by atoms with van der Waals surface area (Å²) in [4.78, 5) is 27.8. The fourth-order valence-corrected chi connectivity index (χ4v) is 4.67. The molecule has 2 aromatic carbocycles. The maximum absolute atomic E-state index is 13.2. The molecule has 4 aromatic rings. The average Bonchev–Trinajstić information content (AvgIpc) is 3.27. The van der Waals surface area contributed by atoms with Crippen LogP contribution in [0.15, 0.2) is 67.1 Å². The molecule has 32 heavy (non-hydrogen) atoms. The van der Waals surface area contributed by atoms with Crippen LogP contribution < -0.4 is 4.74 Å². The third-order valence-corrected chi connectivity index (χ3v) is 6.27. The average molecular weight is 427 g/mol. The molecule has 2 aromatic heterocycles. The minimum Gasteiger partial charge on any atom is -0.496 e. The highest BCUT2D eigenvalue weighted by atomic mass is 16.5. The lowest BCUT2D eigenvalue weighted by molar-refractivity contribution is -0.131. The minimum absolute atomic E-state index is 0.143. The second kappa shape index (κ2) is 8.83. The second-order valence-corrected chi connectivity index (χ2v) is 8.21. The van der Waals surface area contributed by atoms with E-state index in [0.717, 1.165) is 58.6 Å². The fraction of sp³-hybridized carbons (Fsp3) is 0.269. The van der Waals surface area contributed by atoms with E-state index in [1.807, 2.05) is 53.6 Å². The number of piperidine rings is 1. The molecule has 1 saturated heterocycles. The molecule has 1 aliphatic rings. The second-order valence-electron chi connectivity index (χ2n) is 8.21. The highest BCUT2D eigenvalue weighted by Crippen LogP contribution is 2.36. The molecule has 0 radical (unpaired) electrons. The number of aromatic amines is 1. The number of fused-ring (bicyclic) bond motifs is 1. The van der Waals surface area contributed by atoms with Crippen LogP contribution in [0.2, 0.25) is 0 Å². The van der Waals surface area contributed by atoms with Crippen molar-refractivity contribution in [3.05, 3.63) is 78.4 Å². The van der Waals surface area contributed by atoms with Gasteiger partial charge in [0.2, 0.25) is 5.91 Å². The molecule has 0 aliphatic carbocycles. The van der Waals surface area contributed by atoms with Crippen molar-refractivity contribution in [1.82, 2.24) is 19.9 Å². The number of carbonyl (C=O) groups excluding carboxylic acids is 1. The Morgan fingerprint density at radius 3 is 2.84 bits per heavy atom. The number of nitrogens with zero attached hydrogens (tertiary/aromatic N) is 3. The van der Waals surface area contributed by atoms with Gasteiger partial charge in [-0.3, -0.25) is 14.8 Å². The molecule has 0 unspecified atom stereocenters. The molecular weight excluding hydrogens is 400 g/mol. The number of carbonyl (C=O) groups is 1. The van der Waals surface area contributed by atoms with Gasteiger partial charge in [-0.05, 0) is 36.6 Å². The van der Waals surface area contributed by atoms with Gasteiger partial charge in [-0.1, -0.05) is 30.3 Å². The summed E-state index contributed by atoms with van der Waals surface area (Å²) in [5.41, 5.74) is 4.80. The zero-order valence-electron chi connectivity index (χ0n) is 18.1. The fourth-order valence-electron chi connectivity index (χ4n) is 4.67. The van der Waals surface area contributed by atoms with Gasteiger partial charge in [-0.25, -0.2) is 0 Å². The number of methoxy groups -OCH3 is 1. The van der Waals surface area contributed by atoms with Gasteiger partial charge in [0.25, 0.3) is 0 Å². The van der Waals surface area contributed by atoms with Gasteiger partial charge < -0.3 is 14.6 Å². The van der Waals surface area contributed by atoms with Crippen LogP contribution in [0, 0.1) is 0 Å². The summed E-state index contributed by atoms with van der Waals surface area (Å²) in [6, 6.07) is 16.0. The van der Waals surface area contributed by atoms with Crippen molar-refractivity contribution in [2.75, 3.05) is 20.2 Å². The van der Waals surface area contributed by atoms with Gasteiger partial charge in [0, 0.05) is 54.1 Å². The zero-order chi connectivity index (χ0) is 21.9. The summed E-state index contributed by atoms with van der Waals surface area (Å²) in [6.07, 6.45) is 7.74. The van der Waals surface area contributed by atoms with E-state index in [2.05, 4.69) is 16.0 Å². The quantitative estimate of drug-likeness (QED) is 0.507. The van der Waals surface area contributed by atoms with Gasteiger partial charge in [-0.15, -0.1) is 0 Å². The molecule has 3 heterocycles. The lowest BCUT2D eigenvalue weighted by Gasteiger charge is -2.33. The summed E-state index contributed by atoms with van der Waals surface area (Å²) in [5, 5.41) is 1.11. The van der Waals surface area contributed by atoms with E-state index in [1.165, 1.54) is 0 Å². The number of hydrogen-bond acceptors (Lipinski definition) is 4. The Kier molecular flexibility index (Phi) is 5.58. The summed E-state index contributed by atoms with van der Waals surface area (Å²) in [5.74, 6) is 1.07. The van der Waals surface area contributed by atoms with E-state index < -0.39 is 0 Å². The molecule has 5 rings (SSSR count). The molecule has 6 heteroatoms. The lowest BCUT2D eigenvalue weighted by atomic mass is 9.91. The third-order valence-electron chi connectivity index (χ3n) is 6.27. The normalized spacial score (nSPS) is 16.3. The summed E-state index contributed by atoms with van der Waals surface area (Å²) >= 11 is 0. The number of para-hydroxylation sites is 2. The lowest BCUT2D eigenvalue weighted by Crippen LogP contribution is -2.40. The summed E-state index contributed by atoms with van der Waals surface area (Å²) in [6.45, 7) is 1.43. The summed E-state index contributed by atoms with van der Waals surface area (Å²) < 4.78 is 5.56. The minimum atomic E-state index is 0.143. The van der Waals surface area contributed by atoms with E-state index >= 15 is 0 Å². The number of H-pyrrole nitrogens is 1. The first-order valence-electron chi connectivity index (χ1n) is 11.0. The molecular formula is C26H26N4O2. The molecule has 1 fully saturated rings. The maximum Gasteiger partial charge on any atom is 0.227 e. The molecule has 1 atom stereocenters. The third kappa shape index (κ3) is 3.84. The Bertz CT molecular complexity index is 1250. The van der Waals surface area contributed by atoms with Crippen LogP contribution in [0.5, 0.6) is 5.75 Å². The van der Waals surface area contributed by atoms with E-state index in [0.29, 0.717) is 13.0 Å². The Morgan fingerprint density at radius 2 is 1.94 bits per heavy atom. The Balaban J connectivity index is 1.38. The molecule has 0 spiro atoms. The highest BCUT2D eigenvalue weighted by Gasteiger charge is 2.28. The monoisotopic (exact) mass is 426 g/mol. The number of amides is 1. The Morgan fingerprint density at radius 1 is 1.12 bits per heavy atom. The van der Waals surface area contributed by atoms with E-state index in [-0.39, 0.29) is 11.8 Å². The summed E-state index contributed by atoms with van der Waals surface area (Å²) in [7, 11) is 1.67. The molecule has 6 nitrogen and oxygen atoms in total. The van der Waals surface area contributed by atoms with E-state index in [9.17, 15) is 4.79 Å². The Hall–Kier alpha value is -3.67. The van der Waals surface area contributed by atoms with Crippen LogP contribution in [0.1, 0.15) is 30.0 Å². The van der Waals surface area contributed by atoms with Gasteiger partial charge in [-0.2, -0.15) is 0 Å². The standard InChI is InChI=1S/C26H26N4O2/c1-32-23-11-5-3-9-21(23)26-25(27-12-13-28-26)18-7-6-14-30(17-18)24(31)15-19-16-29-22-10-4-2-8-20(19)22/h2-5,8-13,16,18,29H,6-7,14-15,17H2,1H3/t18-/m0/s1. The topological polar surface area (TPSA) is 71.1 Å². The molecule has 162 valence electrons. The van der Waals surface area contributed by atoms with Crippen LogP contribution in [-0.4, -0.2) is 46.0 Å². The van der Waals surface area contributed by atoms with Gasteiger partial charge in [0.1, 0.15) is 5.75 Å². The first kappa shape index (κ1) is 20.2. The number of aromatic nitrogens is 3. The predicted molar refractivity (Wildman–Crippen MR) is 125 cm³/mol. The molecule has 1 amide bonds. The number of ether oxygens (including phenoxy) is 1. The molecule has 0 saturated carbocycles. The van der Waals surface area contributed by atoms with Crippen molar-refractivity contribution in [3.63, 3.8) is 0 Å². The van der Waals surface area contributed by atoms with Crippen LogP contribution in [0.25, 0.3) is 22.2 Å². The Labute approximate surface area is 187 Å². The van der Waals surface area contributed by atoms with Crippen molar-refractivity contribution in [1.29, 1.82) is 0 Å².